The highest BCUT2D eigenvalue weighted by molar-refractivity contribution is 6.16. The molecule has 4 aliphatic rings. The van der Waals surface area contributed by atoms with Crippen LogP contribution in [0.2, 0.25) is 0 Å². The van der Waals surface area contributed by atoms with Crippen LogP contribution in [-0.2, 0) is 16.6 Å². The van der Waals surface area contributed by atoms with Gasteiger partial charge < -0.3 is 10.0 Å². The first-order valence-corrected chi connectivity index (χ1v) is 13.6. The summed E-state index contributed by atoms with van der Waals surface area (Å²) < 4.78 is 17.4. The van der Waals surface area contributed by atoms with Crippen LogP contribution in [0.15, 0.2) is 59.7 Å². The van der Waals surface area contributed by atoms with Crippen LogP contribution < -0.4 is 0 Å². The van der Waals surface area contributed by atoms with E-state index in [9.17, 15) is 14.7 Å². The number of amidine groups is 1. The predicted octanol–water partition coefficient (Wildman–Crippen LogP) is 3.39. The van der Waals surface area contributed by atoms with Crippen LogP contribution in [0.1, 0.15) is 37.7 Å². The molecule has 7 rings (SSSR count). The van der Waals surface area contributed by atoms with Crippen molar-refractivity contribution >= 4 is 17.6 Å². The molecule has 2 aromatic carbocycles. The van der Waals surface area contributed by atoms with E-state index in [-0.39, 0.29) is 17.7 Å². The van der Waals surface area contributed by atoms with E-state index in [4.69, 9.17) is 4.99 Å². The van der Waals surface area contributed by atoms with Gasteiger partial charge >= 0.3 is 0 Å². The number of amides is 2. The van der Waals surface area contributed by atoms with E-state index >= 15 is 4.39 Å². The third-order valence-electron chi connectivity index (χ3n) is 8.62. The van der Waals surface area contributed by atoms with E-state index in [0.717, 1.165) is 28.8 Å². The first kappa shape index (κ1) is 24.2. The van der Waals surface area contributed by atoms with Gasteiger partial charge in [0.15, 0.2) is 0 Å². The lowest BCUT2D eigenvalue weighted by atomic mass is 10.0. The van der Waals surface area contributed by atoms with E-state index in [1.54, 1.807) is 22.1 Å². The van der Waals surface area contributed by atoms with Crippen LogP contribution in [0.5, 0.6) is 0 Å². The van der Waals surface area contributed by atoms with Crippen molar-refractivity contribution in [2.24, 2.45) is 18.0 Å². The van der Waals surface area contributed by atoms with Crippen LogP contribution in [-0.4, -0.2) is 73.1 Å². The number of aliphatic hydroxyl groups is 1. The molecule has 3 fully saturated rings. The molecule has 1 saturated heterocycles. The lowest BCUT2D eigenvalue weighted by Crippen LogP contribution is -2.42. The molecular weight excluding hydrogens is 497 g/mol. The molecular formula is C30H30FN5O3. The van der Waals surface area contributed by atoms with Gasteiger partial charge in [0, 0.05) is 32.9 Å². The van der Waals surface area contributed by atoms with Gasteiger partial charge in [-0.1, -0.05) is 30.3 Å². The number of aliphatic imine (C=N–C) groups is 1. The number of hydrogen-bond donors (Lipinski definition) is 1. The summed E-state index contributed by atoms with van der Waals surface area (Å²) in [4.78, 5) is 34.0. The minimum absolute atomic E-state index is 0.0552. The Bertz CT molecular complexity index is 1520. The van der Waals surface area contributed by atoms with Gasteiger partial charge in [0.1, 0.15) is 22.8 Å². The number of aryl methyl sites for hydroxylation is 1. The number of carbonyl (C=O) groups excluding carboxylic acids is 2. The Morgan fingerprint density at radius 1 is 1.05 bits per heavy atom. The molecule has 0 bridgehead atoms. The van der Waals surface area contributed by atoms with Gasteiger partial charge in [0.05, 0.1) is 11.3 Å². The van der Waals surface area contributed by atoms with Crippen molar-refractivity contribution < 1.29 is 19.1 Å². The smallest absolute Gasteiger partial charge is 0.256 e. The van der Waals surface area contributed by atoms with Gasteiger partial charge in [-0.15, -0.1) is 0 Å². The summed E-state index contributed by atoms with van der Waals surface area (Å²) in [5, 5.41) is 14.4. The molecule has 2 saturated carbocycles. The normalized spacial score (nSPS) is 22.5. The molecule has 39 heavy (non-hydrogen) atoms. The molecule has 8 nitrogen and oxygen atoms in total. The monoisotopic (exact) mass is 527 g/mol. The number of aromatic nitrogens is 2. The van der Waals surface area contributed by atoms with Crippen LogP contribution in [0.4, 0.5) is 4.39 Å². The predicted molar refractivity (Wildman–Crippen MR) is 143 cm³/mol. The number of halogens is 1. The minimum atomic E-state index is -1.19. The van der Waals surface area contributed by atoms with Crippen molar-refractivity contribution in [2.75, 3.05) is 19.6 Å². The third kappa shape index (κ3) is 4.07. The Kier molecular flexibility index (Phi) is 5.32. The number of carbonyl (C=O) groups is 2. The summed E-state index contributed by atoms with van der Waals surface area (Å²) in [5.74, 6) is -0.257. The van der Waals surface area contributed by atoms with Crippen LogP contribution in [0.25, 0.3) is 22.4 Å². The van der Waals surface area contributed by atoms with E-state index in [1.807, 2.05) is 48.1 Å². The summed E-state index contributed by atoms with van der Waals surface area (Å²) in [6, 6.07) is 14.9. The largest absolute Gasteiger partial charge is 0.380 e. The van der Waals surface area contributed by atoms with Crippen LogP contribution in [0, 0.1) is 11.7 Å². The average Bonchev–Trinajstić information content (AvgIpc) is 3.74. The highest BCUT2D eigenvalue weighted by Gasteiger charge is 2.58. The zero-order valence-electron chi connectivity index (χ0n) is 21.8. The molecule has 2 aliphatic carbocycles. The number of nitrogens with zero attached hydrogens (tertiary/aromatic N) is 5. The van der Waals surface area contributed by atoms with Gasteiger partial charge in [-0.05, 0) is 72.9 Å². The second-order valence-corrected chi connectivity index (χ2v) is 11.4. The van der Waals surface area contributed by atoms with Crippen molar-refractivity contribution in [2.45, 2.75) is 43.2 Å². The van der Waals surface area contributed by atoms with E-state index < -0.39 is 17.0 Å². The highest BCUT2D eigenvalue weighted by Crippen LogP contribution is 2.46. The Balaban J connectivity index is 1.11. The summed E-state index contributed by atoms with van der Waals surface area (Å²) in [6.07, 6.45) is 4.88. The molecule has 1 N–H and O–H groups in total. The van der Waals surface area contributed by atoms with E-state index in [0.29, 0.717) is 56.7 Å². The Morgan fingerprint density at radius 3 is 2.41 bits per heavy atom. The topological polar surface area (TPSA) is 91.0 Å². The van der Waals surface area contributed by atoms with Crippen molar-refractivity contribution in [1.29, 1.82) is 0 Å². The van der Waals surface area contributed by atoms with E-state index in [2.05, 4.69) is 5.10 Å². The number of benzene rings is 2. The molecule has 2 amide bonds. The molecule has 3 heterocycles. The third-order valence-corrected chi connectivity index (χ3v) is 8.62. The summed E-state index contributed by atoms with van der Waals surface area (Å²) >= 11 is 0. The first-order valence-electron chi connectivity index (χ1n) is 13.6. The molecule has 2 aliphatic heterocycles. The lowest BCUT2D eigenvalue weighted by molar-refractivity contribution is -0.141. The van der Waals surface area contributed by atoms with Crippen molar-refractivity contribution in [1.82, 2.24) is 19.6 Å². The molecule has 200 valence electrons. The maximum atomic E-state index is 15.6. The quantitative estimate of drug-likeness (QED) is 0.532. The van der Waals surface area contributed by atoms with Gasteiger partial charge in [0.25, 0.3) is 11.8 Å². The minimum Gasteiger partial charge on any atom is -0.380 e. The Hall–Kier alpha value is -3.85. The molecule has 1 aromatic heterocycles. The SMILES string of the molecule is Cn1nccc1-c1ccc(-c2ccc(C3=NC4(CC4)C(=O)N3C[C@@H]3CCN(C(=O)C4(O)CC4)C3)c(F)c2)cc1. The number of hydrogen-bond acceptors (Lipinski definition) is 5. The Morgan fingerprint density at radius 2 is 1.77 bits per heavy atom. The number of rotatable bonds is 6. The molecule has 1 atom stereocenters. The second kappa shape index (κ2) is 8.58. The highest BCUT2D eigenvalue weighted by atomic mass is 19.1. The van der Waals surface area contributed by atoms with Gasteiger partial charge in [-0.2, -0.15) is 5.10 Å². The summed E-state index contributed by atoms with van der Waals surface area (Å²) in [7, 11) is 1.89. The van der Waals surface area contributed by atoms with Crippen LogP contribution >= 0.6 is 0 Å². The molecule has 0 radical (unpaired) electrons. The molecule has 3 aromatic rings. The standard InChI is InChI=1S/C30H30FN5O3/c1-34-25(8-14-32-34)21-4-2-20(3-5-21)22-6-7-23(24(31)16-22)26-33-29(10-11-29)27(37)36(26)18-19-9-15-35(17-19)28(38)30(39)12-13-30/h2-8,14,16,19,39H,9-13,15,17-18H2,1H3/t19-/m1/s1. The molecule has 0 unspecified atom stereocenters. The fourth-order valence-corrected chi connectivity index (χ4v) is 5.89. The van der Waals surface area contributed by atoms with Crippen molar-refractivity contribution in [3.63, 3.8) is 0 Å². The van der Waals surface area contributed by atoms with Crippen molar-refractivity contribution in [3.05, 3.63) is 66.1 Å². The van der Waals surface area contributed by atoms with Crippen LogP contribution in [0.3, 0.4) is 0 Å². The Labute approximate surface area is 225 Å². The zero-order chi connectivity index (χ0) is 26.9. The average molecular weight is 528 g/mol. The second-order valence-electron chi connectivity index (χ2n) is 11.4. The fourth-order valence-electron chi connectivity index (χ4n) is 5.89. The summed E-state index contributed by atoms with van der Waals surface area (Å²) in [5.41, 5.74) is 2.04. The van der Waals surface area contributed by atoms with E-state index in [1.165, 1.54) is 6.07 Å². The first-order chi connectivity index (χ1) is 18.8. The van der Waals surface area contributed by atoms with Gasteiger partial charge in [0.2, 0.25) is 0 Å². The lowest BCUT2D eigenvalue weighted by Gasteiger charge is -2.24. The fraction of sp³-hybridized carbons (Fsp3) is 0.400. The number of likely N-dealkylation sites (tertiary alicyclic amines) is 1. The maximum Gasteiger partial charge on any atom is 0.256 e. The summed E-state index contributed by atoms with van der Waals surface area (Å²) in [6.45, 7) is 1.44. The van der Waals surface area contributed by atoms with Gasteiger partial charge in [-0.3, -0.25) is 24.2 Å². The zero-order valence-corrected chi connectivity index (χ0v) is 21.8. The molecule has 1 spiro atoms. The molecule has 9 heteroatoms. The van der Waals surface area contributed by atoms with Gasteiger partial charge in [-0.25, -0.2) is 4.39 Å². The van der Waals surface area contributed by atoms with Crippen molar-refractivity contribution in [3.8, 4) is 22.4 Å². The maximum absolute atomic E-state index is 15.6.